The molecular weight excluding hydrogens is 290 g/mol. The van der Waals surface area contributed by atoms with E-state index in [0.717, 1.165) is 18.6 Å². The van der Waals surface area contributed by atoms with E-state index in [4.69, 9.17) is 4.74 Å². The van der Waals surface area contributed by atoms with Crippen LogP contribution < -0.4 is 10.1 Å². The van der Waals surface area contributed by atoms with Crippen LogP contribution in [0.2, 0.25) is 0 Å². The van der Waals surface area contributed by atoms with E-state index < -0.39 is 0 Å². The number of amides is 1. The first-order valence-corrected chi connectivity index (χ1v) is 7.98. The molecule has 1 N–H and O–H groups in total. The van der Waals surface area contributed by atoms with Gasteiger partial charge in [-0.3, -0.25) is 9.48 Å². The number of rotatable bonds is 7. The summed E-state index contributed by atoms with van der Waals surface area (Å²) in [5.41, 5.74) is 0.480. The van der Waals surface area contributed by atoms with Gasteiger partial charge in [-0.15, -0.1) is 0 Å². The second-order valence-electron chi connectivity index (χ2n) is 6.47. The molecule has 5 heteroatoms. The van der Waals surface area contributed by atoms with Crippen molar-refractivity contribution in [1.82, 2.24) is 15.1 Å². The van der Waals surface area contributed by atoms with E-state index >= 15 is 0 Å². The summed E-state index contributed by atoms with van der Waals surface area (Å²) >= 11 is 0. The zero-order valence-electron chi connectivity index (χ0n) is 14.1. The zero-order chi connectivity index (χ0) is 16.7. The summed E-state index contributed by atoms with van der Waals surface area (Å²) in [7, 11) is 0. The van der Waals surface area contributed by atoms with Crippen molar-refractivity contribution < 1.29 is 9.53 Å². The monoisotopic (exact) mass is 315 g/mol. The van der Waals surface area contributed by atoms with Crippen LogP contribution in [-0.2, 0) is 5.54 Å². The zero-order valence-corrected chi connectivity index (χ0v) is 14.1. The van der Waals surface area contributed by atoms with E-state index in [0.29, 0.717) is 18.7 Å². The van der Waals surface area contributed by atoms with Crippen LogP contribution in [0.5, 0.6) is 5.75 Å². The third-order valence-electron chi connectivity index (χ3n) is 3.40. The van der Waals surface area contributed by atoms with Crippen molar-refractivity contribution in [2.75, 3.05) is 13.2 Å². The lowest BCUT2D eigenvalue weighted by Gasteiger charge is -2.18. The summed E-state index contributed by atoms with van der Waals surface area (Å²) in [5, 5.41) is 7.15. The number of nitrogens with zero attached hydrogens (tertiary/aromatic N) is 2. The van der Waals surface area contributed by atoms with E-state index in [2.05, 4.69) is 31.2 Å². The van der Waals surface area contributed by atoms with Gasteiger partial charge in [-0.25, -0.2) is 0 Å². The Morgan fingerprint density at radius 3 is 2.61 bits per heavy atom. The Morgan fingerprint density at radius 1 is 1.22 bits per heavy atom. The average Bonchev–Trinajstić information content (AvgIpc) is 3.02. The number of hydrogen-bond acceptors (Lipinski definition) is 3. The molecule has 0 atom stereocenters. The van der Waals surface area contributed by atoms with Crippen molar-refractivity contribution in [3.8, 4) is 5.75 Å². The smallest absolute Gasteiger partial charge is 0.254 e. The van der Waals surface area contributed by atoms with Gasteiger partial charge in [-0.1, -0.05) is 18.2 Å². The van der Waals surface area contributed by atoms with Gasteiger partial charge in [-0.2, -0.15) is 5.10 Å². The molecule has 0 spiro atoms. The molecule has 1 aromatic carbocycles. The van der Waals surface area contributed by atoms with Crippen molar-refractivity contribution >= 4 is 5.91 Å². The molecule has 0 saturated heterocycles. The number of para-hydroxylation sites is 1. The quantitative estimate of drug-likeness (QED) is 0.798. The molecule has 2 aromatic rings. The van der Waals surface area contributed by atoms with E-state index in [-0.39, 0.29) is 11.4 Å². The lowest BCUT2D eigenvalue weighted by atomic mass is 10.1. The van der Waals surface area contributed by atoms with Crippen molar-refractivity contribution in [2.45, 2.75) is 39.2 Å². The normalized spacial score (nSPS) is 11.3. The van der Waals surface area contributed by atoms with Gasteiger partial charge in [0.15, 0.2) is 0 Å². The van der Waals surface area contributed by atoms with E-state index in [1.54, 1.807) is 17.1 Å². The number of carbonyl (C=O) groups is 1. The summed E-state index contributed by atoms with van der Waals surface area (Å²) in [5.74, 6) is 0.801. The second-order valence-corrected chi connectivity index (χ2v) is 6.47. The van der Waals surface area contributed by atoms with Gasteiger partial charge in [0.25, 0.3) is 5.91 Å². The Morgan fingerprint density at radius 2 is 1.96 bits per heavy atom. The second kappa shape index (κ2) is 7.81. The molecule has 0 unspecified atom stereocenters. The number of hydrogen-bond donors (Lipinski definition) is 1. The number of carbonyl (C=O) groups excluding carboxylic acids is 1. The van der Waals surface area contributed by atoms with Crippen LogP contribution in [0.15, 0.2) is 42.7 Å². The van der Waals surface area contributed by atoms with Gasteiger partial charge >= 0.3 is 0 Å². The third-order valence-corrected chi connectivity index (χ3v) is 3.40. The molecule has 0 radical (unpaired) electrons. The highest BCUT2D eigenvalue weighted by atomic mass is 16.5. The lowest BCUT2D eigenvalue weighted by Crippen LogP contribution is -2.25. The summed E-state index contributed by atoms with van der Waals surface area (Å²) in [6.45, 7) is 7.44. The fraction of sp³-hybridized carbons (Fsp3) is 0.444. The molecule has 0 bridgehead atoms. The maximum atomic E-state index is 12.0. The Bertz CT molecular complexity index is 615. The molecular formula is C18H25N3O2. The molecule has 1 heterocycles. The number of unbranched alkanes of at least 4 members (excludes halogenated alkanes) is 1. The summed E-state index contributed by atoms with van der Waals surface area (Å²) in [6, 6.07) is 9.74. The van der Waals surface area contributed by atoms with Gasteiger partial charge in [0.2, 0.25) is 0 Å². The maximum absolute atomic E-state index is 12.0. The SMILES string of the molecule is CC(C)(C)n1cc(C(=O)NCCCCOc2ccccc2)cn1. The van der Waals surface area contributed by atoms with Crippen LogP contribution in [0.3, 0.4) is 0 Å². The fourth-order valence-electron chi connectivity index (χ4n) is 2.04. The van der Waals surface area contributed by atoms with Crippen molar-refractivity contribution in [3.05, 3.63) is 48.3 Å². The molecule has 23 heavy (non-hydrogen) atoms. The Hall–Kier alpha value is -2.30. The molecule has 2 rings (SSSR count). The van der Waals surface area contributed by atoms with E-state index in [1.807, 2.05) is 30.3 Å². The fourth-order valence-corrected chi connectivity index (χ4v) is 2.04. The van der Waals surface area contributed by atoms with Crippen LogP contribution in [0, 0.1) is 0 Å². The van der Waals surface area contributed by atoms with Crippen molar-refractivity contribution in [1.29, 1.82) is 0 Å². The number of ether oxygens (including phenoxy) is 1. The molecule has 124 valence electrons. The highest BCUT2D eigenvalue weighted by Crippen LogP contribution is 2.13. The molecule has 0 saturated carbocycles. The minimum absolute atomic E-state index is 0.0792. The largest absolute Gasteiger partial charge is 0.494 e. The highest BCUT2D eigenvalue weighted by Gasteiger charge is 2.16. The van der Waals surface area contributed by atoms with E-state index in [9.17, 15) is 4.79 Å². The van der Waals surface area contributed by atoms with Gasteiger partial charge in [0.05, 0.1) is 23.9 Å². The van der Waals surface area contributed by atoms with Gasteiger partial charge in [-0.05, 0) is 45.7 Å². The standard InChI is InChI=1S/C18H25N3O2/c1-18(2,3)21-14-15(13-20-21)17(22)19-11-7-8-12-23-16-9-5-4-6-10-16/h4-6,9-10,13-14H,7-8,11-12H2,1-3H3,(H,19,22). The maximum Gasteiger partial charge on any atom is 0.254 e. The van der Waals surface area contributed by atoms with E-state index in [1.165, 1.54) is 0 Å². The Balaban J connectivity index is 1.64. The van der Waals surface area contributed by atoms with Crippen LogP contribution in [0.1, 0.15) is 44.0 Å². The number of aromatic nitrogens is 2. The van der Waals surface area contributed by atoms with Gasteiger partial charge in [0, 0.05) is 12.7 Å². The van der Waals surface area contributed by atoms with Crippen molar-refractivity contribution in [2.24, 2.45) is 0 Å². The minimum Gasteiger partial charge on any atom is -0.494 e. The first kappa shape index (κ1) is 17.1. The summed E-state index contributed by atoms with van der Waals surface area (Å²) in [6.07, 6.45) is 5.18. The molecule has 5 nitrogen and oxygen atoms in total. The predicted octanol–water partition coefficient (Wildman–Crippen LogP) is 3.23. The first-order chi connectivity index (χ1) is 11.0. The molecule has 1 amide bonds. The topological polar surface area (TPSA) is 56.2 Å². The highest BCUT2D eigenvalue weighted by molar-refractivity contribution is 5.93. The number of benzene rings is 1. The lowest BCUT2D eigenvalue weighted by molar-refractivity contribution is 0.0952. The van der Waals surface area contributed by atoms with Crippen LogP contribution in [-0.4, -0.2) is 28.8 Å². The van der Waals surface area contributed by atoms with Crippen LogP contribution in [0.4, 0.5) is 0 Å². The summed E-state index contributed by atoms with van der Waals surface area (Å²) in [4.78, 5) is 12.0. The van der Waals surface area contributed by atoms with Crippen LogP contribution in [0.25, 0.3) is 0 Å². The molecule has 0 aliphatic carbocycles. The Kier molecular flexibility index (Phi) is 5.79. The molecule has 1 aromatic heterocycles. The summed E-state index contributed by atoms with van der Waals surface area (Å²) < 4.78 is 7.41. The average molecular weight is 315 g/mol. The third kappa shape index (κ3) is 5.43. The molecule has 0 fully saturated rings. The van der Waals surface area contributed by atoms with Gasteiger partial charge in [0.1, 0.15) is 5.75 Å². The van der Waals surface area contributed by atoms with Crippen LogP contribution >= 0.6 is 0 Å². The molecule has 0 aliphatic rings. The molecule has 0 aliphatic heterocycles. The first-order valence-electron chi connectivity index (χ1n) is 7.98. The minimum atomic E-state index is -0.118. The van der Waals surface area contributed by atoms with Gasteiger partial charge < -0.3 is 10.1 Å². The van der Waals surface area contributed by atoms with Crippen molar-refractivity contribution in [3.63, 3.8) is 0 Å². The number of nitrogens with one attached hydrogen (secondary N) is 1. The predicted molar refractivity (Wildman–Crippen MR) is 90.7 cm³/mol. The Labute approximate surface area is 137 Å².